The fraction of sp³-hybridized carbons (Fsp3) is 0.533. The highest BCUT2D eigenvalue weighted by Gasteiger charge is 2.36. The largest absolute Gasteiger partial charge is 0.444 e. The Morgan fingerprint density at radius 3 is 2.17 bits per heavy atom. The molecule has 8 heteroatoms. The predicted molar refractivity (Wildman–Crippen MR) is 75.2 cm³/mol. The smallest absolute Gasteiger partial charge is 0.410 e. The first-order chi connectivity index (χ1) is 10.4. The van der Waals surface area contributed by atoms with E-state index >= 15 is 0 Å². The fourth-order valence-corrected chi connectivity index (χ4v) is 1.75. The number of aliphatic hydroxyl groups excluding tert-OH is 1. The van der Waals surface area contributed by atoms with Gasteiger partial charge in [-0.05, 0) is 38.5 Å². The first-order valence-corrected chi connectivity index (χ1v) is 6.85. The minimum absolute atomic E-state index is 0.196. The lowest BCUT2D eigenvalue weighted by atomic mass is 10.1. The van der Waals surface area contributed by atoms with Gasteiger partial charge in [0.1, 0.15) is 18.0 Å². The summed E-state index contributed by atoms with van der Waals surface area (Å²) in [4.78, 5) is 12.3. The van der Waals surface area contributed by atoms with Crippen molar-refractivity contribution >= 4 is 6.09 Å². The fourth-order valence-electron chi connectivity index (χ4n) is 1.75. The summed E-state index contributed by atoms with van der Waals surface area (Å²) in [6, 6.07) is 4.61. The predicted octanol–water partition coefficient (Wildman–Crippen LogP) is 3.66. The molecule has 130 valence electrons. The zero-order valence-corrected chi connectivity index (χ0v) is 13.0. The highest BCUT2D eigenvalue weighted by Crippen LogP contribution is 2.22. The maximum Gasteiger partial charge on any atom is 0.410 e. The molecule has 0 saturated heterocycles. The van der Waals surface area contributed by atoms with Gasteiger partial charge in [0.2, 0.25) is 0 Å². The lowest BCUT2D eigenvalue weighted by Crippen LogP contribution is -2.44. The van der Waals surface area contributed by atoms with E-state index in [-0.39, 0.29) is 5.56 Å². The van der Waals surface area contributed by atoms with E-state index in [9.17, 15) is 27.5 Å². The van der Waals surface area contributed by atoms with E-state index in [1.54, 1.807) is 0 Å². The number of alkyl halides is 3. The number of rotatable bonds is 4. The lowest BCUT2D eigenvalue weighted by Gasteiger charge is -2.29. The van der Waals surface area contributed by atoms with Crippen molar-refractivity contribution in [3.8, 4) is 0 Å². The molecule has 1 N–H and O–H groups in total. The molecule has 0 heterocycles. The van der Waals surface area contributed by atoms with Crippen molar-refractivity contribution in [1.29, 1.82) is 0 Å². The Balaban J connectivity index is 2.87. The van der Waals surface area contributed by atoms with Gasteiger partial charge in [0, 0.05) is 0 Å². The maximum atomic E-state index is 12.8. The Kier molecular flexibility index (Phi) is 5.98. The minimum Gasteiger partial charge on any atom is -0.444 e. The van der Waals surface area contributed by atoms with Crippen molar-refractivity contribution in [3.63, 3.8) is 0 Å². The Morgan fingerprint density at radius 1 is 1.22 bits per heavy atom. The second-order valence-electron chi connectivity index (χ2n) is 6.04. The van der Waals surface area contributed by atoms with Crippen LogP contribution in [0.1, 0.15) is 32.4 Å². The zero-order chi connectivity index (χ0) is 17.8. The van der Waals surface area contributed by atoms with E-state index < -0.39 is 42.9 Å². The molecule has 23 heavy (non-hydrogen) atoms. The van der Waals surface area contributed by atoms with Gasteiger partial charge in [-0.15, -0.1) is 0 Å². The number of benzene rings is 1. The van der Waals surface area contributed by atoms with Crippen LogP contribution < -0.4 is 0 Å². The Bertz CT molecular complexity index is 523. The molecule has 4 nitrogen and oxygen atoms in total. The van der Waals surface area contributed by atoms with Gasteiger partial charge < -0.3 is 9.84 Å². The lowest BCUT2D eigenvalue weighted by molar-refractivity contribution is -0.147. The van der Waals surface area contributed by atoms with Crippen molar-refractivity contribution in [2.45, 2.75) is 38.7 Å². The van der Waals surface area contributed by atoms with Crippen LogP contribution in [0.25, 0.3) is 0 Å². The van der Waals surface area contributed by atoms with E-state index in [1.165, 1.54) is 32.9 Å². The Labute approximate surface area is 131 Å². The van der Waals surface area contributed by atoms with Crippen LogP contribution in [0.4, 0.5) is 22.4 Å². The van der Waals surface area contributed by atoms with Gasteiger partial charge in [0.25, 0.3) is 0 Å². The third-order valence-electron chi connectivity index (χ3n) is 2.67. The number of hydrogen-bond acceptors (Lipinski definition) is 3. The number of nitrogens with zero attached hydrogens (tertiary/aromatic N) is 1. The summed E-state index contributed by atoms with van der Waals surface area (Å²) in [6.07, 6.45) is -7.22. The number of hydrogen-bond donors (Lipinski definition) is 1. The summed E-state index contributed by atoms with van der Waals surface area (Å²) in [5.74, 6) is -0.541. The molecule has 1 amide bonds. The van der Waals surface area contributed by atoms with Crippen LogP contribution in [0, 0.1) is 5.82 Å². The molecule has 0 aliphatic carbocycles. The van der Waals surface area contributed by atoms with Crippen molar-refractivity contribution in [2.75, 3.05) is 13.1 Å². The normalized spacial score (nSPS) is 13.6. The van der Waals surface area contributed by atoms with E-state index in [4.69, 9.17) is 4.74 Å². The van der Waals surface area contributed by atoms with Gasteiger partial charge in [-0.2, -0.15) is 13.2 Å². The van der Waals surface area contributed by atoms with E-state index in [1.807, 2.05) is 0 Å². The average molecular weight is 337 g/mol. The average Bonchev–Trinajstić information content (AvgIpc) is 2.35. The molecular weight excluding hydrogens is 318 g/mol. The summed E-state index contributed by atoms with van der Waals surface area (Å²) in [5.41, 5.74) is -0.774. The number of amides is 1. The zero-order valence-electron chi connectivity index (χ0n) is 13.0. The van der Waals surface area contributed by atoms with Crippen molar-refractivity contribution in [1.82, 2.24) is 4.90 Å². The molecule has 0 radical (unpaired) electrons. The van der Waals surface area contributed by atoms with Gasteiger partial charge >= 0.3 is 12.3 Å². The molecular formula is C15H19F4NO3. The minimum atomic E-state index is -4.64. The van der Waals surface area contributed by atoms with Gasteiger partial charge in [-0.3, -0.25) is 4.90 Å². The molecule has 1 aromatic rings. The third kappa shape index (κ3) is 7.32. The van der Waals surface area contributed by atoms with Crippen molar-refractivity contribution in [3.05, 3.63) is 35.6 Å². The highest BCUT2D eigenvalue weighted by molar-refractivity contribution is 5.68. The molecule has 1 atom stereocenters. The topological polar surface area (TPSA) is 49.8 Å². The molecule has 0 aliphatic rings. The van der Waals surface area contributed by atoms with E-state index in [0.717, 1.165) is 12.1 Å². The van der Waals surface area contributed by atoms with Crippen LogP contribution in [-0.4, -0.2) is 41.0 Å². The molecule has 0 aliphatic heterocycles. The molecule has 1 rings (SSSR count). The first kappa shape index (κ1) is 19.2. The summed E-state index contributed by atoms with van der Waals surface area (Å²) in [7, 11) is 0. The summed E-state index contributed by atoms with van der Waals surface area (Å²) >= 11 is 0. The summed E-state index contributed by atoms with van der Waals surface area (Å²) in [6.45, 7) is 2.38. The van der Waals surface area contributed by atoms with Crippen LogP contribution in [0.15, 0.2) is 24.3 Å². The number of halogens is 4. The first-order valence-electron chi connectivity index (χ1n) is 6.85. The van der Waals surface area contributed by atoms with Crippen LogP contribution in [0.5, 0.6) is 0 Å². The van der Waals surface area contributed by atoms with Crippen LogP contribution >= 0.6 is 0 Å². The Hall–Kier alpha value is -1.83. The van der Waals surface area contributed by atoms with E-state index in [0.29, 0.717) is 4.90 Å². The van der Waals surface area contributed by atoms with Gasteiger partial charge in [-0.25, -0.2) is 9.18 Å². The molecule has 1 unspecified atom stereocenters. The third-order valence-corrected chi connectivity index (χ3v) is 2.67. The van der Waals surface area contributed by atoms with Gasteiger partial charge in [-0.1, -0.05) is 12.1 Å². The SMILES string of the molecule is CC(C)(C)OC(=O)N(CC(O)c1ccc(F)cc1)CC(F)(F)F. The molecule has 0 fully saturated rings. The van der Waals surface area contributed by atoms with Crippen LogP contribution in [-0.2, 0) is 4.74 Å². The van der Waals surface area contributed by atoms with Gasteiger partial charge in [0.05, 0.1) is 12.6 Å². The number of aliphatic hydroxyl groups is 1. The second kappa shape index (κ2) is 7.16. The van der Waals surface area contributed by atoms with Crippen molar-refractivity contribution in [2.24, 2.45) is 0 Å². The molecule has 0 aromatic heterocycles. The van der Waals surface area contributed by atoms with Gasteiger partial charge in [0.15, 0.2) is 0 Å². The molecule has 1 aromatic carbocycles. The number of ether oxygens (including phenoxy) is 1. The number of carbonyl (C=O) groups is 1. The molecule has 0 bridgehead atoms. The Morgan fingerprint density at radius 2 is 1.74 bits per heavy atom. The van der Waals surface area contributed by atoms with E-state index in [2.05, 4.69) is 0 Å². The van der Waals surface area contributed by atoms with Crippen LogP contribution in [0.2, 0.25) is 0 Å². The summed E-state index contributed by atoms with van der Waals surface area (Å²) < 4.78 is 55.6. The monoisotopic (exact) mass is 337 g/mol. The highest BCUT2D eigenvalue weighted by atomic mass is 19.4. The molecule has 0 saturated carbocycles. The molecule has 0 spiro atoms. The maximum absolute atomic E-state index is 12.8. The summed E-state index contributed by atoms with van der Waals surface area (Å²) in [5, 5.41) is 9.99. The van der Waals surface area contributed by atoms with Crippen molar-refractivity contribution < 1.29 is 32.2 Å². The van der Waals surface area contributed by atoms with Crippen LogP contribution in [0.3, 0.4) is 0 Å². The quantitative estimate of drug-likeness (QED) is 0.853. The number of carbonyl (C=O) groups excluding carboxylic acids is 1. The standard InChI is InChI=1S/C15H19F4NO3/c1-14(2,3)23-13(22)20(9-15(17,18)19)8-12(21)10-4-6-11(16)7-5-10/h4-7,12,21H,8-9H2,1-3H3. The second-order valence-corrected chi connectivity index (χ2v) is 6.04.